The standard InChI is InChI=1S/C21H28F3N3O2/c1-16(28)20(29)27-9-6-17(7-10-27)5-8-25-11-13-26(14-12-25)19-4-2-3-18(15-19)21(22,23)24/h2-4,15,17H,5-14H2,1H3. The zero-order valence-corrected chi connectivity index (χ0v) is 16.7. The molecule has 0 unspecified atom stereocenters. The van der Waals surface area contributed by atoms with E-state index in [-0.39, 0.29) is 5.91 Å². The monoisotopic (exact) mass is 411 g/mol. The molecule has 29 heavy (non-hydrogen) atoms. The maximum atomic E-state index is 12.9. The number of rotatable bonds is 5. The number of alkyl halides is 3. The molecular weight excluding hydrogens is 383 g/mol. The molecule has 0 radical (unpaired) electrons. The molecule has 2 aliphatic heterocycles. The highest BCUT2D eigenvalue weighted by molar-refractivity contribution is 6.35. The lowest BCUT2D eigenvalue weighted by Gasteiger charge is -2.37. The van der Waals surface area contributed by atoms with Gasteiger partial charge in [-0.1, -0.05) is 6.07 Å². The zero-order chi connectivity index (χ0) is 21.0. The fraction of sp³-hybridized carbons (Fsp3) is 0.619. The average Bonchev–Trinajstić information content (AvgIpc) is 2.72. The predicted octanol–water partition coefficient (Wildman–Crippen LogP) is 3.05. The smallest absolute Gasteiger partial charge is 0.369 e. The predicted molar refractivity (Wildman–Crippen MR) is 105 cm³/mol. The van der Waals surface area contributed by atoms with Crippen LogP contribution in [-0.4, -0.2) is 67.3 Å². The zero-order valence-electron chi connectivity index (χ0n) is 16.7. The van der Waals surface area contributed by atoms with Gasteiger partial charge in [-0.25, -0.2) is 0 Å². The summed E-state index contributed by atoms with van der Waals surface area (Å²) in [5.74, 6) is -0.233. The van der Waals surface area contributed by atoms with Crippen LogP contribution in [0.25, 0.3) is 0 Å². The summed E-state index contributed by atoms with van der Waals surface area (Å²) in [5, 5.41) is 0. The van der Waals surface area contributed by atoms with Crippen molar-refractivity contribution in [2.75, 3.05) is 50.7 Å². The van der Waals surface area contributed by atoms with E-state index in [1.807, 2.05) is 4.90 Å². The van der Waals surface area contributed by atoms with Crippen molar-refractivity contribution in [1.29, 1.82) is 0 Å². The van der Waals surface area contributed by atoms with Gasteiger partial charge < -0.3 is 9.80 Å². The van der Waals surface area contributed by atoms with Crippen molar-refractivity contribution in [3.05, 3.63) is 29.8 Å². The van der Waals surface area contributed by atoms with Crippen LogP contribution in [0, 0.1) is 5.92 Å². The summed E-state index contributed by atoms with van der Waals surface area (Å²) in [6, 6.07) is 5.54. The van der Waals surface area contributed by atoms with Gasteiger partial charge in [0.1, 0.15) is 0 Å². The molecule has 2 saturated heterocycles. The van der Waals surface area contributed by atoms with Gasteiger partial charge in [0.15, 0.2) is 0 Å². The lowest BCUT2D eigenvalue weighted by molar-refractivity contribution is -0.144. The lowest BCUT2D eigenvalue weighted by Crippen LogP contribution is -2.47. The van der Waals surface area contributed by atoms with E-state index < -0.39 is 17.5 Å². The van der Waals surface area contributed by atoms with Crippen LogP contribution in [0.15, 0.2) is 24.3 Å². The fourth-order valence-corrected chi connectivity index (χ4v) is 4.12. The van der Waals surface area contributed by atoms with E-state index in [9.17, 15) is 22.8 Å². The number of halogens is 3. The van der Waals surface area contributed by atoms with Gasteiger partial charge in [0.2, 0.25) is 5.78 Å². The number of carbonyl (C=O) groups excluding carboxylic acids is 2. The Morgan fingerprint density at radius 2 is 1.69 bits per heavy atom. The Morgan fingerprint density at radius 1 is 1.03 bits per heavy atom. The highest BCUT2D eigenvalue weighted by Crippen LogP contribution is 2.32. The Labute approximate surface area is 169 Å². The summed E-state index contributed by atoms with van der Waals surface area (Å²) >= 11 is 0. The van der Waals surface area contributed by atoms with E-state index in [1.165, 1.54) is 19.1 Å². The second-order valence-corrected chi connectivity index (χ2v) is 7.96. The summed E-state index contributed by atoms with van der Waals surface area (Å²) in [4.78, 5) is 28.9. The van der Waals surface area contributed by atoms with Crippen LogP contribution in [0.4, 0.5) is 18.9 Å². The number of benzene rings is 1. The minimum Gasteiger partial charge on any atom is -0.369 e. The molecule has 2 aliphatic rings. The number of amides is 1. The molecule has 0 saturated carbocycles. The van der Waals surface area contributed by atoms with Crippen LogP contribution in [0.3, 0.4) is 0 Å². The van der Waals surface area contributed by atoms with Gasteiger partial charge >= 0.3 is 6.18 Å². The number of piperazine rings is 1. The van der Waals surface area contributed by atoms with Gasteiger partial charge in [-0.05, 0) is 49.9 Å². The minimum atomic E-state index is -4.32. The number of carbonyl (C=O) groups is 2. The SMILES string of the molecule is CC(=O)C(=O)N1CCC(CCN2CCN(c3cccc(C(F)(F)F)c3)CC2)CC1. The minimum absolute atomic E-state index is 0.380. The lowest BCUT2D eigenvalue weighted by atomic mass is 9.93. The number of hydrogen-bond acceptors (Lipinski definition) is 4. The molecular formula is C21H28F3N3O2. The molecule has 8 heteroatoms. The molecule has 2 fully saturated rings. The highest BCUT2D eigenvalue weighted by Gasteiger charge is 2.31. The molecule has 2 heterocycles. The summed E-state index contributed by atoms with van der Waals surface area (Å²) in [6.45, 7) is 6.66. The average molecular weight is 411 g/mol. The Balaban J connectivity index is 1.41. The third kappa shape index (κ3) is 5.72. The van der Waals surface area contributed by atoms with Crippen molar-refractivity contribution in [3.63, 3.8) is 0 Å². The number of piperidine rings is 1. The molecule has 0 N–H and O–H groups in total. The molecule has 0 atom stereocenters. The first-order valence-electron chi connectivity index (χ1n) is 10.2. The first-order valence-corrected chi connectivity index (χ1v) is 10.2. The van der Waals surface area contributed by atoms with Crippen LogP contribution in [0.2, 0.25) is 0 Å². The van der Waals surface area contributed by atoms with Gasteiger partial charge in [-0.15, -0.1) is 0 Å². The van der Waals surface area contributed by atoms with Crippen LogP contribution in [0.5, 0.6) is 0 Å². The van der Waals surface area contributed by atoms with E-state index in [4.69, 9.17) is 0 Å². The maximum Gasteiger partial charge on any atom is 0.416 e. The molecule has 1 amide bonds. The summed E-state index contributed by atoms with van der Waals surface area (Å²) in [7, 11) is 0. The summed E-state index contributed by atoms with van der Waals surface area (Å²) in [5.41, 5.74) is 0.0222. The molecule has 1 aromatic carbocycles. The van der Waals surface area contributed by atoms with Crippen molar-refractivity contribution >= 4 is 17.4 Å². The normalized spacial score (nSPS) is 19.4. The van der Waals surface area contributed by atoms with Crippen molar-refractivity contribution in [3.8, 4) is 0 Å². The number of Topliss-reactive ketones (excluding diaryl/α,β-unsaturated/α-hetero) is 1. The second kappa shape index (κ2) is 9.15. The molecule has 5 nitrogen and oxygen atoms in total. The van der Waals surface area contributed by atoms with Gasteiger partial charge in [0, 0.05) is 51.9 Å². The summed E-state index contributed by atoms with van der Waals surface area (Å²) in [6.07, 6.45) is -1.43. The van der Waals surface area contributed by atoms with Crippen LogP contribution >= 0.6 is 0 Å². The van der Waals surface area contributed by atoms with Crippen LogP contribution in [-0.2, 0) is 15.8 Å². The Hall–Kier alpha value is -2.09. The highest BCUT2D eigenvalue weighted by atomic mass is 19.4. The van der Waals surface area contributed by atoms with Crippen molar-refractivity contribution in [2.45, 2.75) is 32.4 Å². The number of nitrogens with zero attached hydrogens (tertiary/aromatic N) is 3. The number of likely N-dealkylation sites (tertiary alicyclic amines) is 1. The third-order valence-electron chi connectivity index (χ3n) is 5.97. The van der Waals surface area contributed by atoms with Crippen LogP contribution < -0.4 is 4.90 Å². The Kier molecular flexibility index (Phi) is 6.82. The van der Waals surface area contributed by atoms with E-state index >= 15 is 0 Å². The van der Waals surface area contributed by atoms with Crippen molar-refractivity contribution in [1.82, 2.24) is 9.80 Å². The molecule has 3 rings (SSSR count). The molecule has 0 aromatic heterocycles. The van der Waals surface area contributed by atoms with Crippen molar-refractivity contribution < 1.29 is 22.8 Å². The molecule has 0 aliphatic carbocycles. The maximum absolute atomic E-state index is 12.9. The fourth-order valence-electron chi connectivity index (χ4n) is 4.12. The summed E-state index contributed by atoms with van der Waals surface area (Å²) < 4.78 is 38.8. The van der Waals surface area contributed by atoms with E-state index in [0.29, 0.717) is 37.8 Å². The van der Waals surface area contributed by atoms with Gasteiger partial charge in [0.05, 0.1) is 5.56 Å². The third-order valence-corrected chi connectivity index (χ3v) is 5.97. The first kappa shape index (κ1) is 21.6. The Bertz CT molecular complexity index is 722. The molecule has 1 aromatic rings. The molecule has 0 bridgehead atoms. The van der Waals surface area contributed by atoms with E-state index in [0.717, 1.165) is 45.0 Å². The van der Waals surface area contributed by atoms with Gasteiger partial charge in [-0.2, -0.15) is 13.2 Å². The van der Waals surface area contributed by atoms with E-state index in [2.05, 4.69) is 4.90 Å². The number of anilines is 1. The van der Waals surface area contributed by atoms with Gasteiger partial charge in [-0.3, -0.25) is 14.5 Å². The quantitative estimate of drug-likeness (QED) is 0.699. The number of hydrogen-bond donors (Lipinski definition) is 0. The Morgan fingerprint density at radius 3 is 2.28 bits per heavy atom. The second-order valence-electron chi connectivity index (χ2n) is 7.96. The van der Waals surface area contributed by atoms with E-state index in [1.54, 1.807) is 11.0 Å². The molecule has 160 valence electrons. The number of ketones is 1. The topological polar surface area (TPSA) is 43.9 Å². The molecule has 0 spiro atoms. The van der Waals surface area contributed by atoms with Crippen molar-refractivity contribution in [2.24, 2.45) is 5.92 Å². The van der Waals surface area contributed by atoms with Crippen LogP contribution in [0.1, 0.15) is 31.7 Å². The van der Waals surface area contributed by atoms with Gasteiger partial charge in [0.25, 0.3) is 5.91 Å². The largest absolute Gasteiger partial charge is 0.416 e. The first-order chi connectivity index (χ1) is 13.7.